The summed E-state index contributed by atoms with van der Waals surface area (Å²) in [6.07, 6.45) is 3.23. The van der Waals surface area contributed by atoms with Crippen LogP contribution in [0, 0.1) is 5.82 Å². The van der Waals surface area contributed by atoms with Crippen molar-refractivity contribution in [2.75, 3.05) is 0 Å². The Bertz CT molecular complexity index is 696. The number of hydrogen-bond donors (Lipinski definition) is 2. The lowest BCUT2D eigenvalue weighted by Crippen LogP contribution is -2.06. The van der Waals surface area contributed by atoms with Gasteiger partial charge in [-0.15, -0.1) is 0 Å². The first kappa shape index (κ1) is 12.4. The molecule has 2 N–H and O–H groups in total. The number of H-pyrrole nitrogens is 1. The monoisotopic (exact) mass is 268 g/mol. The SMILES string of the molecule is Oc1cccc(C(c2ccccc2)c2cnc[nH]2)c1F. The molecule has 0 spiro atoms. The van der Waals surface area contributed by atoms with Crippen molar-refractivity contribution in [1.82, 2.24) is 9.97 Å². The van der Waals surface area contributed by atoms with Crippen LogP contribution >= 0.6 is 0 Å². The van der Waals surface area contributed by atoms with Crippen molar-refractivity contribution in [2.24, 2.45) is 0 Å². The zero-order valence-electron chi connectivity index (χ0n) is 10.6. The highest BCUT2D eigenvalue weighted by atomic mass is 19.1. The van der Waals surface area contributed by atoms with Crippen molar-refractivity contribution < 1.29 is 9.50 Å². The van der Waals surface area contributed by atoms with E-state index in [1.165, 1.54) is 6.07 Å². The molecule has 0 aliphatic rings. The summed E-state index contributed by atoms with van der Waals surface area (Å²) in [5, 5.41) is 9.59. The van der Waals surface area contributed by atoms with Gasteiger partial charge >= 0.3 is 0 Å². The summed E-state index contributed by atoms with van der Waals surface area (Å²) >= 11 is 0. The zero-order chi connectivity index (χ0) is 13.9. The molecular formula is C16H13FN2O. The van der Waals surface area contributed by atoms with Gasteiger partial charge in [0.05, 0.1) is 12.2 Å². The van der Waals surface area contributed by atoms with E-state index < -0.39 is 5.82 Å². The van der Waals surface area contributed by atoms with Crippen LogP contribution in [-0.4, -0.2) is 15.1 Å². The Morgan fingerprint density at radius 3 is 2.55 bits per heavy atom. The third kappa shape index (κ3) is 2.16. The third-order valence-electron chi connectivity index (χ3n) is 3.28. The fourth-order valence-electron chi connectivity index (χ4n) is 2.36. The summed E-state index contributed by atoms with van der Waals surface area (Å²) < 4.78 is 14.2. The van der Waals surface area contributed by atoms with Crippen LogP contribution in [-0.2, 0) is 0 Å². The molecule has 2 aromatic carbocycles. The Labute approximate surface area is 115 Å². The van der Waals surface area contributed by atoms with Crippen molar-refractivity contribution in [1.29, 1.82) is 0 Å². The molecule has 0 radical (unpaired) electrons. The standard InChI is InChI=1S/C16H13FN2O/c17-16-12(7-4-8-14(16)20)15(13-9-18-10-19-13)11-5-2-1-3-6-11/h1-10,15,20H,(H,18,19). The summed E-state index contributed by atoms with van der Waals surface area (Å²) in [6.45, 7) is 0. The molecule has 3 rings (SSSR count). The molecule has 0 aliphatic heterocycles. The Morgan fingerprint density at radius 2 is 1.85 bits per heavy atom. The van der Waals surface area contributed by atoms with Gasteiger partial charge in [0.25, 0.3) is 0 Å². The Balaban J connectivity index is 2.19. The maximum Gasteiger partial charge on any atom is 0.169 e. The molecule has 100 valence electrons. The number of imidazole rings is 1. The second kappa shape index (κ2) is 5.17. The molecule has 3 aromatic rings. The van der Waals surface area contributed by atoms with E-state index in [9.17, 15) is 9.50 Å². The molecule has 0 fully saturated rings. The second-order valence-electron chi connectivity index (χ2n) is 4.53. The van der Waals surface area contributed by atoms with Gasteiger partial charge in [-0.2, -0.15) is 0 Å². The van der Waals surface area contributed by atoms with Gasteiger partial charge in [-0.1, -0.05) is 42.5 Å². The maximum absolute atomic E-state index is 14.2. The largest absolute Gasteiger partial charge is 0.505 e. The van der Waals surface area contributed by atoms with Gasteiger partial charge in [-0.3, -0.25) is 0 Å². The van der Waals surface area contributed by atoms with E-state index in [-0.39, 0.29) is 11.7 Å². The molecule has 4 heteroatoms. The Morgan fingerprint density at radius 1 is 1.05 bits per heavy atom. The van der Waals surface area contributed by atoms with Gasteiger partial charge in [0.2, 0.25) is 0 Å². The average molecular weight is 268 g/mol. The number of aromatic amines is 1. The van der Waals surface area contributed by atoms with Crippen molar-refractivity contribution in [3.63, 3.8) is 0 Å². The molecule has 1 heterocycles. The summed E-state index contributed by atoms with van der Waals surface area (Å²) in [7, 11) is 0. The normalized spacial score (nSPS) is 12.2. The topological polar surface area (TPSA) is 48.9 Å². The second-order valence-corrected chi connectivity index (χ2v) is 4.53. The van der Waals surface area contributed by atoms with Gasteiger partial charge < -0.3 is 10.1 Å². The van der Waals surface area contributed by atoms with Crippen LogP contribution in [0.1, 0.15) is 22.7 Å². The summed E-state index contributed by atoms with van der Waals surface area (Å²) in [5.74, 6) is -1.27. The highest BCUT2D eigenvalue weighted by Crippen LogP contribution is 2.34. The van der Waals surface area contributed by atoms with Crippen LogP contribution in [0.25, 0.3) is 0 Å². The van der Waals surface area contributed by atoms with Crippen molar-refractivity contribution >= 4 is 0 Å². The molecule has 1 aromatic heterocycles. The average Bonchev–Trinajstić information content (AvgIpc) is 2.99. The first-order valence-electron chi connectivity index (χ1n) is 6.28. The van der Waals surface area contributed by atoms with E-state index in [4.69, 9.17) is 0 Å². The molecule has 0 amide bonds. The molecule has 0 saturated heterocycles. The minimum atomic E-state index is -0.601. The van der Waals surface area contributed by atoms with E-state index >= 15 is 0 Å². The quantitative estimate of drug-likeness (QED) is 0.764. The number of hydrogen-bond acceptors (Lipinski definition) is 2. The Kier molecular flexibility index (Phi) is 3.21. The fourth-order valence-corrected chi connectivity index (χ4v) is 2.36. The van der Waals surface area contributed by atoms with Crippen LogP contribution in [0.5, 0.6) is 5.75 Å². The number of halogens is 1. The van der Waals surface area contributed by atoms with Crippen LogP contribution < -0.4 is 0 Å². The van der Waals surface area contributed by atoms with Crippen LogP contribution in [0.15, 0.2) is 61.1 Å². The number of phenolic OH excluding ortho intramolecular Hbond substituents is 1. The summed E-state index contributed by atoms with van der Waals surface area (Å²) in [5.41, 5.74) is 2.13. The minimum Gasteiger partial charge on any atom is -0.505 e. The van der Waals surface area contributed by atoms with Crippen LogP contribution in [0.4, 0.5) is 4.39 Å². The first-order valence-corrected chi connectivity index (χ1v) is 6.28. The maximum atomic E-state index is 14.2. The lowest BCUT2D eigenvalue weighted by atomic mass is 9.88. The molecule has 20 heavy (non-hydrogen) atoms. The predicted octanol–water partition coefficient (Wildman–Crippen LogP) is 3.43. The number of nitrogens with zero attached hydrogens (tertiary/aromatic N) is 1. The highest BCUT2D eigenvalue weighted by Gasteiger charge is 2.22. The number of nitrogens with one attached hydrogen (secondary N) is 1. The van der Waals surface area contributed by atoms with Gasteiger partial charge in [0, 0.05) is 17.5 Å². The number of rotatable bonds is 3. The summed E-state index contributed by atoms with van der Waals surface area (Å²) in [4.78, 5) is 7.03. The molecule has 1 unspecified atom stereocenters. The Hall–Kier alpha value is -2.62. The van der Waals surface area contributed by atoms with E-state index in [1.54, 1.807) is 24.7 Å². The van der Waals surface area contributed by atoms with Crippen LogP contribution in [0.2, 0.25) is 0 Å². The first-order chi connectivity index (χ1) is 9.77. The lowest BCUT2D eigenvalue weighted by Gasteiger charge is -2.17. The lowest BCUT2D eigenvalue weighted by molar-refractivity contribution is 0.428. The van der Waals surface area contributed by atoms with Gasteiger partial charge in [-0.05, 0) is 11.6 Å². The predicted molar refractivity (Wildman–Crippen MR) is 74.0 cm³/mol. The number of phenols is 1. The minimum absolute atomic E-state index is 0.328. The number of aromatic hydroxyl groups is 1. The van der Waals surface area contributed by atoms with Gasteiger partial charge in [0.1, 0.15) is 0 Å². The van der Waals surface area contributed by atoms with E-state index in [0.717, 1.165) is 11.3 Å². The molecule has 1 atom stereocenters. The third-order valence-corrected chi connectivity index (χ3v) is 3.28. The fraction of sp³-hybridized carbons (Fsp3) is 0.0625. The van der Waals surface area contributed by atoms with E-state index in [2.05, 4.69) is 9.97 Å². The molecule has 3 nitrogen and oxygen atoms in total. The van der Waals surface area contributed by atoms with Gasteiger partial charge in [-0.25, -0.2) is 9.37 Å². The molecular weight excluding hydrogens is 255 g/mol. The zero-order valence-corrected chi connectivity index (χ0v) is 10.6. The highest BCUT2D eigenvalue weighted by molar-refractivity contribution is 5.43. The molecule has 0 bridgehead atoms. The summed E-state index contributed by atoms with van der Waals surface area (Å²) in [6, 6.07) is 14.2. The van der Waals surface area contributed by atoms with Crippen molar-refractivity contribution in [3.8, 4) is 5.75 Å². The smallest absolute Gasteiger partial charge is 0.169 e. The van der Waals surface area contributed by atoms with Crippen molar-refractivity contribution in [3.05, 3.63) is 83.7 Å². The van der Waals surface area contributed by atoms with E-state index in [1.807, 2.05) is 30.3 Å². The number of aromatic nitrogens is 2. The van der Waals surface area contributed by atoms with E-state index in [0.29, 0.717) is 5.56 Å². The number of benzene rings is 2. The van der Waals surface area contributed by atoms with Crippen LogP contribution in [0.3, 0.4) is 0 Å². The van der Waals surface area contributed by atoms with Crippen molar-refractivity contribution in [2.45, 2.75) is 5.92 Å². The molecule has 0 saturated carbocycles. The van der Waals surface area contributed by atoms with Gasteiger partial charge in [0.15, 0.2) is 11.6 Å². The molecule has 0 aliphatic carbocycles.